The van der Waals surface area contributed by atoms with Crippen LogP contribution in [0.3, 0.4) is 0 Å². The largest absolute Gasteiger partial charge is 0.481 e. The highest BCUT2D eigenvalue weighted by molar-refractivity contribution is 5.91. The SMILES string of the molecule is CCCN(CC1CC1)C(=O)N1CCNC(=O)C1CC(=O)O. The molecule has 118 valence electrons. The summed E-state index contributed by atoms with van der Waals surface area (Å²) in [6.45, 7) is 4.11. The van der Waals surface area contributed by atoms with Crippen LogP contribution in [0.4, 0.5) is 4.79 Å². The van der Waals surface area contributed by atoms with Gasteiger partial charge in [-0.25, -0.2) is 4.79 Å². The minimum Gasteiger partial charge on any atom is -0.481 e. The number of carbonyl (C=O) groups excluding carboxylic acids is 2. The van der Waals surface area contributed by atoms with Crippen molar-refractivity contribution in [2.24, 2.45) is 5.92 Å². The lowest BCUT2D eigenvalue weighted by atomic mass is 10.1. The van der Waals surface area contributed by atoms with Crippen molar-refractivity contribution in [1.82, 2.24) is 15.1 Å². The van der Waals surface area contributed by atoms with Crippen molar-refractivity contribution in [1.29, 1.82) is 0 Å². The Kier molecular flexibility index (Phi) is 5.03. The Morgan fingerprint density at radius 1 is 1.43 bits per heavy atom. The van der Waals surface area contributed by atoms with Gasteiger partial charge in [-0.15, -0.1) is 0 Å². The van der Waals surface area contributed by atoms with E-state index in [-0.39, 0.29) is 18.4 Å². The van der Waals surface area contributed by atoms with Gasteiger partial charge in [-0.2, -0.15) is 0 Å². The molecule has 1 saturated carbocycles. The van der Waals surface area contributed by atoms with E-state index in [2.05, 4.69) is 5.32 Å². The van der Waals surface area contributed by atoms with Gasteiger partial charge < -0.3 is 20.2 Å². The minimum atomic E-state index is -1.07. The summed E-state index contributed by atoms with van der Waals surface area (Å²) in [5.41, 5.74) is 0. The van der Waals surface area contributed by atoms with Gasteiger partial charge in [0.1, 0.15) is 6.04 Å². The number of carboxylic acid groups (broad SMARTS) is 1. The minimum absolute atomic E-state index is 0.204. The molecule has 2 aliphatic rings. The quantitative estimate of drug-likeness (QED) is 0.747. The van der Waals surface area contributed by atoms with E-state index >= 15 is 0 Å². The van der Waals surface area contributed by atoms with Gasteiger partial charge in [0.2, 0.25) is 5.91 Å². The van der Waals surface area contributed by atoms with Gasteiger partial charge in [-0.3, -0.25) is 9.59 Å². The number of aliphatic carboxylic acids is 1. The summed E-state index contributed by atoms with van der Waals surface area (Å²) >= 11 is 0. The van der Waals surface area contributed by atoms with E-state index in [1.807, 2.05) is 6.92 Å². The number of carboxylic acids is 1. The third kappa shape index (κ3) is 4.09. The highest BCUT2D eigenvalue weighted by Gasteiger charge is 2.37. The van der Waals surface area contributed by atoms with Gasteiger partial charge in [0.25, 0.3) is 0 Å². The van der Waals surface area contributed by atoms with E-state index < -0.39 is 12.0 Å². The number of hydrogen-bond donors (Lipinski definition) is 2. The van der Waals surface area contributed by atoms with Crippen molar-refractivity contribution in [3.63, 3.8) is 0 Å². The van der Waals surface area contributed by atoms with Gasteiger partial charge in [-0.05, 0) is 25.2 Å². The number of urea groups is 1. The Balaban J connectivity index is 2.07. The maximum absolute atomic E-state index is 12.7. The van der Waals surface area contributed by atoms with Crippen LogP contribution in [-0.2, 0) is 9.59 Å². The van der Waals surface area contributed by atoms with Crippen LogP contribution in [0.2, 0.25) is 0 Å². The average molecular weight is 297 g/mol. The highest BCUT2D eigenvalue weighted by atomic mass is 16.4. The van der Waals surface area contributed by atoms with Crippen LogP contribution in [0.15, 0.2) is 0 Å². The molecule has 0 aromatic carbocycles. The standard InChI is InChI=1S/C14H23N3O4/c1-2-6-16(9-10-3-4-10)14(21)17-7-5-15-13(20)11(17)8-12(18)19/h10-11H,2-9H2,1H3,(H,15,20)(H,18,19). The third-order valence-electron chi connectivity index (χ3n) is 3.88. The monoisotopic (exact) mass is 297 g/mol. The van der Waals surface area contributed by atoms with Crippen molar-refractivity contribution >= 4 is 17.9 Å². The van der Waals surface area contributed by atoms with Gasteiger partial charge in [0.05, 0.1) is 6.42 Å². The van der Waals surface area contributed by atoms with Crippen molar-refractivity contribution in [2.75, 3.05) is 26.2 Å². The molecule has 7 nitrogen and oxygen atoms in total. The van der Waals surface area contributed by atoms with Gasteiger partial charge in [0, 0.05) is 26.2 Å². The molecule has 1 unspecified atom stereocenters. The maximum atomic E-state index is 12.7. The first-order valence-corrected chi connectivity index (χ1v) is 7.58. The summed E-state index contributed by atoms with van der Waals surface area (Å²) in [6, 6.07) is -1.10. The lowest BCUT2D eigenvalue weighted by Crippen LogP contribution is -2.60. The molecule has 2 rings (SSSR count). The number of amides is 3. The Morgan fingerprint density at radius 2 is 2.14 bits per heavy atom. The number of piperazine rings is 1. The van der Waals surface area contributed by atoms with E-state index in [0.29, 0.717) is 32.1 Å². The first-order valence-electron chi connectivity index (χ1n) is 7.58. The topological polar surface area (TPSA) is 90.0 Å². The molecular weight excluding hydrogens is 274 g/mol. The van der Waals surface area contributed by atoms with Crippen molar-refractivity contribution in [3.05, 3.63) is 0 Å². The molecule has 1 atom stereocenters. The van der Waals surface area contributed by atoms with Crippen LogP contribution in [0.5, 0.6) is 0 Å². The fourth-order valence-electron chi connectivity index (χ4n) is 2.64. The zero-order valence-corrected chi connectivity index (χ0v) is 12.4. The summed E-state index contributed by atoms with van der Waals surface area (Å²) in [5, 5.41) is 11.6. The van der Waals surface area contributed by atoms with Crippen LogP contribution in [0.25, 0.3) is 0 Å². The molecule has 0 bridgehead atoms. The second kappa shape index (κ2) is 6.78. The number of nitrogens with zero attached hydrogens (tertiary/aromatic N) is 2. The zero-order chi connectivity index (χ0) is 15.4. The molecule has 1 heterocycles. The van der Waals surface area contributed by atoms with Gasteiger partial charge >= 0.3 is 12.0 Å². The average Bonchev–Trinajstić information content (AvgIpc) is 3.23. The molecule has 1 aliphatic heterocycles. The lowest BCUT2D eigenvalue weighted by molar-refractivity contribution is -0.142. The second-order valence-electron chi connectivity index (χ2n) is 5.77. The first kappa shape index (κ1) is 15.6. The molecule has 2 fully saturated rings. The Hall–Kier alpha value is -1.79. The van der Waals surface area contributed by atoms with Crippen molar-refractivity contribution in [3.8, 4) is 0 Å². The smallest absolute Gasteiger partial charge is 0.320 e. The molecular formula is C14H23N3O4. The van der Waals surface area contributed by atoms with Gasteiger partial charge in [0.15, 0.2) is 0 Å². The molecule has 21 heavy (non-hydrogen) atoms. The van der Waals surface area contributed by atoms with Crippen LogP contribution in [0, 0.1) is 5.92 Å². The van der Waals surface area contributed by atoms with E-state index in [0.717, 1.165) is 19.3 Å². The predicted molar refractivity (Wildman–Crippen MR) is 75.7 cm³/mol. The highest BCUT2D eigenvalue weighted by Crippen LogP contribution is 2.30. The van der Waals surface area contributed by atoms with Crippen LogP contribution >= 0.6 is 0 Å². The predicted octanol–water partition coefficient (Wildman–Crippen LogP) is 0.504. The summed E-state index contributed by atoms with van der Waals surface area (Å²) in [7, 11) is 0. The molecule has 1 saturated heterocycles. The number of rotatable bonds is 6. The molecule has 3 amide bonds. The molecule has 0 radical (unpaired) electrons. The second-order valence-corrected chi connectivity index (χ2v) is 5.77. The summed E-state index contributed by atoms with van der Waals surface area (Å²) in [5.74, 6) is -0.879. The number of carbonyl (C=O) groups is 3. The third-order valence-corrected chi connectivity index (χ3v) is 3.88. The van der Waals surface area contributed by atoms with Crippen molar-refractivity contribution in [2.45, 2.75) is 38.6 Å². The number of nitrogens with one attached hydrogen (secondary N) is 1. The van der Waals surface area contributed by atoms with E-state index in [1.54, 1.807) is 4.90 Å². The summed E-state index contributed by atoms with van der Waals surface area (Å²) in [4.78, 5) is 38.7. The van der Waals surface area contributed by atoms with Crippen LogP contribution < -0.4 is 5.32 Å². The normalized spacial score (nSPS) is 21.9. The fourth-order valence-corrected chi connectivity index (χ4v) is 2.64. The van der Waals surface area contributed by atoms with E-state index in [4.69, 9.17) is 5.11 Å². The lowest BCUT2D eigenvalue weighted by Gasteiger charge is -2.38. The summed E-state index contributed by atoms with van der Waals surface area (Å²) in [6.07, 6.45) is 2.79. The Bertz CT molecular complexity index is 422. The van der Waals surface area contributed by atoms with Gasteiger partial charge in [-0.1, -0.05) is 6.92 Å². The molecule has 0 aromatic rings. The number of hydrogen-bond acceptors (Lipinski definition) is 3. The Morgan fingerprint density at radius 3 is 2.71 bits per heavy atom. The molecule has 7 heteroatoms. The molecule has 0 aromatic heterocycles. The van der Waals surface area contributed by atoms with E-state index in [9.17, 15) is 14.4 Å². The zero-order valence-electron chi connectivity index (χ0n) is 12.4. The first-order chi connectivity index (χ1) is 10.0. The molecule has 2 N–H and O–H groups in total. The fraction of sp³-hybridized carbons (Fsp3) is 0.786. The molecule has 0 spiro atoms. The summed E-state index contributed by atoms with van der Waals surface area (Å²) < 4.78 is 0. The Labute approximate surface area is 124 Å². The maximum Gasteiger partial charge on any atom is 0.320 e. The van der Waals surface area contributed by atoms with Crippen LogP contribution in [0.1, 0.15) is 32.6 Å². The van der Waals surface area contributed by atoms with E-state index in [1.165, 1.54) is 4.90 Å². The molecule has 1 aliphatic carbocycles. The van der Waals surface area contributed by atoms with Crippen LogP contribution in [-0.4, -0.2) is 65.0 Å². The van der Waals surface area contributed by atoms with Crippen molar-refractivity contribution < 1.29 is 19.5 Å².